The molecule has 0 unspecified atom stereocenters. The summed E-state index contributed by atoms with van der Waals surface area (Å²) < 4.78 is 0. The van der Waals surface area contributed by atoms with Crippen molar-refractivity contribution >= 4 is 11.4 Å². The van der Waals surface area contributed by atoms with Crippen LogP contribution in [-0.2, 0) is 0 Å². The summed E-state index contributed by atoms with van der Waals surface area (Å²) in [6.07, 6.45) is 0. The topological polar surface area (TPSA) is 71.0 Å². The lowest BCUT2D eigenvalue weighted by Gasteiger charge is -2.01. The molecular formula is C9H11N3O. The van der Waals surface area contributed by atoms with Gasteiger partial charge < -0.3 is 11.0 Å². The molecule has 13 heavy (non-hydrogen) atoms. The predicted octanol–water partition coefficient (Wildman–Crippen LogP) is 1.20. The van der Waals surface area contributed by atoms with E-state index in [0.29, 0.717) is 11.4 Å². The molecule has 0 saturated heterocycles. The van der Waals surface area contributed by atoms with Gasteiger partial charge in [-0.3, -0.25) is 0 Å². The molecule has 0 heterocycles. The van der Waals surface area contributed by atoms with Crippen molar-refractivity contribution in [2.75, 3.05) is 0 Å². The zero-order valence-electron chi connectivity index (χ0n) is 7.31. The summed E-state index contributed by atoms with van der Waals surface area (Å²) in [6.45, 7) is 1.64. The first-order valence-electron chi connectivity index (χ1n) is 3.82. The van der Waals surface area contributed by atoms with Crippen LogP contribution in [0.2, 0.25) is 0 Å². The highest BCUT2D eigenvalue weighted by molar-refractivity contribution is 6.47. The van der Waals surface area contributed by atoms with Crippen molar-refractivity contribution in [3.05, 3.63) is 35.9 Å². The van der Waals surface area contributed by atoms with Gasteiger partial charge in [0.15, 0.2) is 0 Å². The molecule has 0 amide bonds. The lowest BCUT2D eigenvalue weighted by Crippen LogP contribution is -2.14. The van der Waals surface area contributed by atoms with Gasteiger partial charge in [-0.05, 0) is 6.92 Å². The van der Waals surface area contributed by atoms with E-state index in [1.807, 2.05) is 30.3 Å². The number of rotatable bonds is 2. The van der Waals surface area contributed by atoms with E-state index in [1.54, 1.807) is 6.92 Å². The smallest absolute Gasteiger partial charge is 0.114 e. The molecule has 0 spiro atoms. The number of hydrogen-bond donors (Lipinski definition) is 2. The summed E-state index contributed by atoms with van der Waals surface area (Å²) in [5, 5.41) is 15.1. The lowest BCUT2D eigenvalue weighted by atomic mass is 10.1. The van der Waals surface area contributed by atoms with E-state index in [9.17, 15) is 0 Å². The highest BCUT2D eigenvalue weighted by Crippen LogP contribution is 2.01. The minimum atomic E-state index is 0.397. The van der Waals surface area contributed by atoms with E-state index in [4.69, 9.17) is 11.0 Å². The monoisotopic (exact) mass is 177 g/mol. The van der Waals surface area contributed by atoms with Gasteiger partial charge in [0.2, 0.25) is 0 Å². The van der Waals surface area contributed by atoms with Gasteiger partial charge in [0.25, 0.3) is 0 Å². The zero-order chi connectivity index (χ0) is 9.68. The second kappa shape index (κ2) is 4.25. The summed E-state index contributed by atoms with van der Waals surface area (Å²) in [6, 6.07) is 9.32. The van der Waals surface area contributed by atoms with Crippen LogP contribution >= 0.6 is 0 Å². The molecule has 1 aromatic rings. The van der Waals surface area contributed by atoms with Gasteiger partial charge in [-0.15, -0.1) is 0 Å². The number of oxime groups is 1. The third kappa shape index (κ3) is 2.05. The Hall–Kier alpha value is -1.84. The molecule has 4 heteroatoms. The summed E-state index contributed by atoms with van der Waals surface area (Å²) in [5.41, 5.74) is 1.72. The number of hydrazone groups is 1. The fourth-order valence-electron chi connectivity index (χ4n) is 1.02. The van der Waals surface area contributed by atoms with E-state index in [1.165, 1.54) is 0 Å². The second-order valence-corrected chi connectivity index (χ2v) is 2.53. The average Bonchev–Trinajstić information content (AvgIpc) is 2.20. The van der Waals surface area contributed by atoms with Gasteiger partial charge >= 0.3 is 0 Å². The maximum Gasteiger partial charge on any atom is 0.114 e. The molecule has 0 fully saturated rings. The fraction of sp³-hybridized carbons (Fsp3) is 0.111. The normalized spacial score (nSPS) is 13.0. The minimum Gasteiger partial charge on any atom is -0.411 e. The maximum absolute atomic E-state index is 8.55. The van der Waals surface area contributed by atoms with Crippen LogP contribution in [0.1, 0.15) is 12.5 Å². The standard InChI is InChI=1S/C9H11N3O/c1-7(12-13)9(11-10)8-5-3-2-4-6-8/h2-6,13H,10H2,1H3/b11-9+,12-7-. The van der Waals surface area contributed by atoms with Crippen LogP contribution in [-0.4, -0.2) is 16.6 Å². The molecular weight excluding hydrogens is 166 g/mol. The van der Waals surface area contributed by atoms with Gasteiger partial charge in [-0.2, -0.15) is 5.10 Å². The number of hydrogen-bond acceptors (Lipinski definition) is 4. The molecule has 1 rings (SSSR count). The van der Waals surface area contributed by atoms with Gasteiger partial charge in [0.05, 0.1) is 0 Å². The maximum atomic E-state index is 8.55. The van der Waals surface area contributed by atoms with Crippen molar-refractivity contribution in [3.8, 4) is 0 Å². The minimum absolute atomic E-state index is 0.397. The summed E-state index contributed by atoms with van der Waals surface area (Å²) >= 11 is 0. The lowest BCUT2D eigenvalue weighted by molar-refractivity contribution is 0.320. The van der Waals surface area contributed by atoms with Crippen molar-refractivity contribution in [2.24, 2.45) is 16.1 Å². The molecule has 0 aliphatic heterocycles. The Balaban J connectivity index is 3.07. The van der Waals surface area contributed by atoms with Crippen molar-refractivity contribution < 1.29 is 5.21 Å². The predicted molar refractivity (Wildman–Crippen MR) is 52.1 cm³/mol. The third-order valence-electron chi connectivity index (χ3n) is 1.67. The first kappa shape index (κ1) is 9.25. The van der Waals surface area contributed by atoms with Crippen molar-refractivity contribution in [1.29, 1.82) is 0 Å². The van der Waals surface area contributed by atoms with Gasteiger partial charge in [-0.25, -0.2) is 0 Å². The molecule has 0 aliphatic rings. The van der Waals surface area contributed by atoms with Gasteiger partial charge in [-0.1, -0.05) is 35.5 Å². The molecule has 68 valence electrons. The summed E-state index contributed by atoms with van der Waals surface area (Å²) in [5.74, 6) is 5.18. The van der Waals surface area contributed by atoms with Crippen molar-refractivity contribution in [2.45, 2.75) is 6.92 Å². The fourth-order valence-corrected chi connectivity index (χ4v) is 1.02. The Morgan fingerprint density at radius 1 is 1.31 bits per heavy atom. The Morgan fingerprint density at radius 3 is 2.38 bits per heavy atom. The molecule has 0 saturated carbocycles. The zero-order valence-corrected chi connectivity index (χ0v) is 7.31. The number of benzene rings is 1. The first-order chi connectivity index (χ1) is 6.29. The van der Waals surface area contributed by atoms with Crippen LogP contribution in [0.25, 0.3) is 0 Å². The summed E-state index contributed by atoms with van der Waals surface area (Å²) in [7, 11) is 0. The SMILES string of the molecule is CC(=N/O)/C(=N\N)c1ccccc1. The molecule has 0 atom stereocenters. The Morgan fingerprint density at radius 2 is 1.92 bits per heavy atom. The van der Waals surface area contributed by atoms with Crippen LogP contribution in [0.5, 0.6) is 0 Å². The molecule has 0 aromatic heterocycles. The number of nitrogens with two attached hydrogens (primary N) is 1. The Kier molecular flexibility index (Phi) is 3.03. The quantitative estimate of drug-likeness (QED) is 0.308. The molecule has 0 radical (unpaired) electrons. The summed E-state index contributed by atoms with van der Waals surface area (Å²) in [4.78, 5) is 0. The van der Waals surface area contributed by atoms with E-state index in [2.05, 4.69) is 10.3 Å². The Labute approximate surface area is 76.4 Å². The average molecular weight is 177 g/mol. The molecule has 3 N–H and O–H groups in total. The molecule has 0 aliphatic carbocycles. The van der Waals surface area contributed by atoms with E-state index < -0.39 is 0 Å². The highest BCUT2D eigenvalue weighted by Gasteiger charge is 2.06. The van der Waals surface area contributed by atoms with E-state index in [-0.39, 0.29) is 0 Å². The van der Waals surface area contributed by atoms with Crippen LogP contribution in [0.4, 0.5) is 0 Å². The Bertz CT molecular complexity index is 330. The molecule has 0 bridgehead atoms. The molecule has 4 nitrogen and oxygen atoms in total. The van der Waals surface area contributed by atoms with Crippen LogP contribution in [0, 0.1) is 0 Å². The number of nitrogens with zero attached hydrogens (tertiary/aromatic N) is 2. The van der Waals surface area contributed by atoms with Crippen molar-refractivity contribution in [3.63, 3.8) is 0 Å². The van der Waals surface area contributed by atoms with E-state index in [0.717, 1.165) is 5.56 Å². The highest BCUT2D eigenvalue weighted by atomic mass is 16.4. The van der Waals surface area contributed by atoms with Gasteiger partial charge in [0, 0.05) is 5.56 Å². The van der Waals surface area contributed by atoms with Crippen LogP contribution in [0.15, 0.2) is 40.6 Å². The van der Waals surface area contributed by atoms with Crippen LogP contribution in [0.3, 0.4) is 0 Å². The molecule has 1 aromatic carbocycles. The van der Waals surface area contributed by atoms with E-state index >= 15 is 0 Å². The van der Waals surface area contributed by atoms with Crippen molar-refractivity contribution in [1.82, 2.24) is 0 Å². The largest absolute Gasteiger partial charge is 0.411 e. The van der Waals surface area contributed by atoms with Gasteiger partial charge in [0.1, 0.15) is 11.4 Å². The second-order valence-electron chi connectivity index (χ2n) is 2.53. The van der Waals surface area contributed by atoms with Crippen LogP contribution < -0.4 is 5.84 Å². The first-order valence-corrected chi connectivity index (χ1v) is 3.82. The third-order valence-corrected chi connectivity index (χ3v) is 1.67.